The van der Waals surface area contributed by atoms with Gasteiger partial charge in [0, 0.05) is 25.8 Å². The van der Waals surface area contributed by atoms with Crippen LogP contribution in [0.2, 0.25) is 0 Å². The summed E-state index contributed by atoms with van der Waals surface area (Å²) < 4.78 is 0. The summed E-state index contributed by atoms with van der Waals surface area (Å²) in [6, 6.07) is 0. The van der Waals surface area contributed by atoms with Crippen molar-refractivity contribution in [1.29, 1.82) is 0 Å². The lowest BCUT2D eigenvalue weighted by Gasteiger charge is -2.23. The number of nitrogens with zero attached hydrogens (tertiary/aromatic N) is 1. The van der Waals surface area contributed by atoms with Crippen LogP contribution in [0.4, 0.5) is 0 Å². The molecular weight excluding hydrogens is 172 g/mol. The predicted molar refractivity (Wildman–Crippen MR) is 64.4 cm³/mol. The molecule has 2 heteroatoms. The molecule has 0 rings (SSSR count). The van der Waals surface area contributed by atoms with E-state index >= 15 is 0 Å². The highest BCUT2D eigenvalue weighted by atomic mass is 15.1. The van der Waals surface area contributed by atoms with Crippen molar-refractivity contribution in [2.24, 2.45) is 5.92 Å². The summed E-state index contributed by atoms with van der Waals surface area (Å²) in [5.74, 6) is 0.702. The van der Waals surface area contributed by atoms with Gasteiger partial charge in [0.2, 0.25) is 0 Å². The molecule has 0 aliphatic carbocycles. The van der Waals surface area contributed by atoms with Crippen LogP contribution in [0.1, 0.15) is 33.6 Å². The Hall–Kier alpha value is -0.500. The number of hydrogen-bond donors (Lipinski definition) is 1. The highest BCUT2D eigenvalue weighted by Crippen LogP contribution is 2.10. The van der Waals surface area contributed by atoms with Crippen molar-refractivity contribution >= 4 is 0 Å². The van der Waals surface area contributed by atoms with Gasteiger partial charge in [0.15, 0.2) is 0 Å². The molecule has 0 spiro atoms. The minimum absolute atomic E-state index is 0.702. The zero-order chi connectivity index (χ0) is 11.0. The van der Waals surface area contributed by atoms with Crippen LogP contribution in [0.3, 0.4) is 0 Å². The normalized spacial score (nSPS) is 10.6. The molecule has 0 amide bonds. The molecule has 0 aromatic rings. The van der Waals surface area contributed by atoms with Crippen LogP contribution < -0.4 is 5.32 Å². The topological polar surface area (TPSA) is 15.3 Å². The Balaban J connectivity index is 3.52. The van der Waals surface area contributed by atoms with Gasteiger partial charge in [0.25, 0.3) is 0 Å². The van der Waals surface area contributed by atoms with E-state index in [-0.39, 0.29) is 0 Å². The van der Waals surface area contributed by atoms with Crippen molar-refractivity contribution in [1.82, 2.24) is 10.2 Å². The Morgan fingerprint density at radius 1 is 1.36 bits per heavy atom. The molecule has 0 radical (unpaired) electrons. The van der Waals surface area contributed by atoms with Gasteiger partial charge in [-0.25, -0.2) is 0 Å². The van der Waals surface area contributed by atoms with E-state index in [4.69, 9.17) is 0 Å². The summed E-state index contributed by atoms with van der Waals surface area (Å²) in [5, 5.41) is 3.39. The van der Waals surface area contributed by atoms with Crippen molar-refractivity contribution in [2.75, 3.05) is 26.7 Å². The second-order valence-electron chi connectivity index (χ2n) is 4.34. The van der Waals surface area contributed by atoms with Crippen molar-refractivity contribution < 1.29 is 0 Å². The molecule has 1 N–H and O–H groups in total. The standard InChI is InChI=1S/C12H26N2/c1-6-7-13-8-9-14(5)12(4)10-11(2)3/h11,13H,4,6-10H2,1-3,5H3. The molecular formula is C12H26N2. The lowest BCUT2D eigenvalue weighted by Crippen LogP contribution is -2.29. The highest BCUT2D eigenvalue weighted by molar-refractivity contribution is 4.93. The fraction of sp³-hybridized carbons (Fsp3) is 0.833. The van der Waals surface area contributed by atoms with Crippen LogP contribution >= 0.6 is 0 Å². The SMILES string of the molecule is C=C(CC(C)C)N(C)CCNCCC. The molecule has 0 saturated carbocycles. The highest BCUT2D eigenvalue weighted by Gasteiger charge is 2.03. The lowest BCUT2D eigenvalue weighted by atomic mass is 10.1. The fourth-order valence-corrected chi connectivity index (χ4v) is 1.33. The third-order valence-corrected chi connectivity index (χ3v) is 2.23. The number of rotatable bonds is 8. The third-order valence-electron chi connectivity index (χ3n) is 2.23. The molecule has 0 heterocycles. The monoisotopic (exact) mass is 198 g/mol. The minimum atomic E-state index is 0.702. The second kappa shape index (κ2) is 7.86. The second-order valence-corrected chi connectivity index (χ2v) is 4.34. The average Bonchev–Trinajstić information content (AvgIpc) is 2.11. The van der Waals surface area contributed by atoms with Gasteiger partial charge < -0.3 is 10.2 Å². The maximum absolute atomic E-state index is 4.09. The number of likely N-dealkylation sites (N-methyl/N-ethyl adjacent to an activating group) is 1. The Bertz CT molecular complexity index is 152. The molecule has 0 fully saturated rings. The molecule has 0 aromatic heterocycles. The molecule has 0 bridgehead atoms. The largest absolute Gasteiger partial charge is 0.377 e. The molecule has 84 valence electrons. The maximum Gasteiger partial charge on any atom is 0.0296 e. The summed E-state index contributed by atoms with van der Waals surface area (Å²) in [6.45, 7) is 14.0. The van der Waals surface area contributed by atoms with Crippen LogP contribution in [0.15, 0.2) is 12.3 Å². The summed E-state index contributed by atoms with van der Waals surface area (Å²) in [7, 11) is 2.12. The van der Waals surface area contributed by atoms with Crippen molar-refractivity contribution in [3.8, 4) is 0 Å². The first kappa shape index (κ1) is 13.5. The Morgan fingerprint density at radius 3 is 2.50 bits per heavy atom. The Kier molecular flexibility index (Phi) is 7.58. The van der Waals surface area contributed by atoms with E-state index in [1.54, 1.807) is 0 Å². The van der Waals surface area contributed by atoms with Gasteiger partial charge in [-0.05, 0) is 25.3 Å². The van der Waals surface area contributed by atoms with Crippen LogP contribution in [0.5, 0.6) is 0 Å². The summed E-state index contributed by atoms with van der Waals surface area (Å²) >= 11 is 0. The first-order chi connectivity index (χ1) is 6.57. The zero-order valence-corrected chi connectivity index (χ0v) is 10.3. The molecule has 0 aliphatic heterocycles. The van der Waals surface area contributed by atoms with E-state index in [0.29, 0.717) is 5.92 Å². The van der Waals surface area contributed by atoms with Gasteiger partial charge in [-0.3, -0.25) is 0 Å². The summed E-state index contributed by atoms with van der Waals surface area (Å²) in [4.78, 5) is 2.25. The first-order valence-electron chi connectivity index (χ1n) is 5.67. The number of nitrogens with one attached hydrogen (secondary N) is 1. The van der Waals surface area contributed by atoms with Crippen LogP contribution in [-0.4, -0.2) is 31.6 Å². The van der Waals surface area contributed by atoms with Gasteiger partial charge in [-0.1, -0.05) is 27.4 Å². The van der Waals surface area contributed by atoms with Gasteiger partial charge >= 0.3 is 0 Å². The van der Waals surface area contributed by atoms with E-state index < -0.39 is 0 Å². The van der Waals surface area contributed by atoms with Crippen molar-refractivity contribution in [2.45, 2.75) is 33.6 Å². The molecule has 0 atom stereocenters. The molecule has 14 heavy (non-hydrogen) atoms. The molecule has 0 unspecified atom stereocenters. The van der Waals surface area contributed by atoms with Crippen LogP contribution in [-0.2, 0) is 0 Å². The fourth-order valence-electron chi connectivity index (χ4n) is 1.33. The predicted octanol–water partition coefficient (Wildman–Crippen LogP) is 2.48. The summed E-state index contributed by atoms with van der Waals surface area (Å²) in [6.07, 6.45) is 2.31. The van der Waals surface area contributed by atoms with Gasteiger partial charge in [-0.2, -0.15) is 0 Å². The maximum atomic E-state index is 4.09. The zero-order valence-electron chi connectivity index (χ0n) is 10.3. The van der Waals surface area contributed by atoms with E-state index in [0.717, 1.165) is 26.1 Å². The molecule has 2 nitrogen and oxygen atoms in total. The number of allylic oxidation sites excluding steroid dienone is 1. The first-order valence-corrected chi connectivity index (χ1v) is 5.67. The quantitative estimate of drug-likeness (QED) is 0.603. The smallest absolute Gasteiger partial charge is 0.0296 e. The van der Waals surface area contributed by atoms with Crippen molar-refractivity contribution in [3.05, 3.63) is 12.3 Å². The van der Waals surface area contributed by atoms with Crippen LogP contribution in [0.25, 0.3) is 0 Å². The number of hydrogen-bond acceptors (Lipinski definition) is 2. The van der Waals surface area contributed by atoms with Crippen LogP contribution in [0, 0.1) is 5.92 Å². The van der Waals surface area contributed by atoms with Crippen molar-refractivity contribution in [3.63, 3.8) is 0 Å². The Morgan fingerprint density at radius 2 is 2.00 bits per heavy atom. The van der Waals surface area contributed by atoms with Gasteiger partial charge in [-0.15, -0.1) is 0 Å². The molecule has 0 aromatic carbocycles. The third kappa shape index (κ3) is 6.96. The van der Waals surface area contributed by atoms with Gasteiger partial charge in [0.05, 0.1) is 0 Å². The van der Waals surface area contributed by atoms with Gasteiger partial charge in [0.1, 0.15) is 0 Å². The Labute approximate surface area is 89.4 Å². The average molecular weight is 198 g/mol. The molecule has 0 aliphatic rings. The lowest BCUT2D eigenvalue weighted by molar-refractivity contribution is 0.379. The van der Waals surface area contributed by atoms with E-state index in [1.807, 2.05) is 0 Å². The van der Waals surface area contributed by atoms with E-state index in [9.17, 15) is 0 Å². The molecule has 0 saturated heterocycles. The van der Waals surface area contributed by atoms with E-state index in [1.165, 1.54) is 12.1 Å². The summed E-state index contributed by atoms with van der Waals surface area (Å²) in [5.41, 5.74) is 1.25. The minimum Gasteiger partial charge on any atom is -0.377 e. The van der Waals surface area contributed by atoms with E-state index in [2.05, 4.69) is 44.6 Å².